The van der Waals surface area contributed by atoms with E-state index in [0.29, 0.717) is 12.2 Å². The van der Waals surface area contributed by atoms with E-state index >= 15 is 0 Å². The monoisotopic (exact) mass is 306 g/mol. The smallest absolute Gasteiger partial charge is 0.281 e. The van der Waals surface area contributed by atoms with E-state index in [2.05, 4.69) is 5.10 Å². The first-order chi connectivity index (χ1) is 10.0. The van der Waals surface area contributed by atoms with Crippen LogP contribution >= 0.6 is 0 Å². The summed E-state index contributed by atoms with van der Waals surface area (Å²) in [5.74, 6) is 0. The first-order valence-corrected chi connectivity index (χ1v) is 8.29. The molecule has 1 aliphatic carbocycles. The molecule has 1 fully saturated rings. The van der Waals surface area contributed by atoms with Crippen molar-refractivity contribution in [3.05, 3.63) is 42.1 Å². The van der Waals surface area contributed by atoms with Crippen molar-refractivity contribution in [2.45, 2.75) is 30.5 Å². The van der Waals surface area contributed by atoms with E-state index in [9.17, 15) is 8.42 Å². The molecule has 1 heterocycles. The molecule has 0 saturated heterocycles. The average molecular weight is 306 g/mol. The number of benzene rings is 1. The Morgan fingerprint density at radius 3 is 2.43 bits per heavy atom. The highest BCUT2D eigenvalue weighted by molar-refractivity contribution is 7.92. The zero-order valence-electron chi connectivity index (χ0n) is 11.8. The van der Waals surface area contributed by atoms with Crippen LogP contribution in [0, 0.1) is 0 Å². The van der Waals surface area contributed by atoms with Crippen molar-refractivity contribution in [2.24, 2.45) is 12.8 Å². The van der Waals surface area contributed by atoms with Crippen molar-refractivity contribution in [1.29, 1.82) is 0 Å². The van der Waals surface area contributed by atoms with Crippen molar-refractivity contribution >= 4 is 15.7 Å². The lowest BCUT2D eigenvalue weighted by atomic mass is 10.2. The van der Waals surface area contributed by atoms with Gasteiger partial charge in [-0.3, -0.25) is 8.99 Å². The Balaban J connectivity index is 2.04. The second-order valence-electron chi connectivity index (χ2n) is 5.20. The van der Waals surface area contributed by atoms with E-state index in [1.165, 1.54) is 21.3 Å². The molecule has 1 saturated carbocycles. The van der Waals surface area contributed by atoms with E-state index in [1.807, 2.05) is 24.3 Å². The molecule has 0 bridgehead atoms. The lowest BCUT2D eigenvalue weighted by molar-refractivity contribution is 0.571. The highest BCUT2D eigenvalue weighted by Gasteiger charge is 2.39. The van der Waals surface area contributed by atoms with Gasteiger partial charge in [0.1, 0.15) is 0 Å². The van der Waals surface area contributed by atoms with Gasteiger partial charge in [-0.05, 0) is 36.6 Å². The summed E-state index contributed by atoms with van der Waals surface area (Å²) in [7, 11) is -1.96. The minimum atomic E-state index is -3.60. The molecule has 0 atom stereocenters. The van der Waals surface area contributed by atoms with Crippen LogP contribution < -0.4 is 10.0 Å². The van der Waals surface area contributed by atoms with Crippen LogP contribution in [0.15, 0.2) is 41.6 Å². The number of nitrogens with zero attached hydrogens (tertiary/aromatic N) is 3. The molecule has 3 rings (SSSR count). The quantitative estimate of drug-likeness (QED) is 0.901. The average Bonchev–Trinajstić information content (AvgIpc) is 3.19. The van der Waals surface area contributed by atoms with Crippen LogP contribution in [0.2, 0.25) is 0 Å². The summed E-state index contributed by atoms with van der Waals surface area (Å²) in [6.45, 7) is 0.443. The maximum atomic E-state index is 12.9. The Labute approximate surface area is 124 Å². The van der Waals surface area contributed by atoms with Gasteiger partial charge in [0.05, 0.1) is 11.9 Å². The molecule has 0 aliphatic heterocycles. The zero-order chi connectivity index (χ0) is 15.0. The summed E-state index contributed by atoms with van der Waals surface area (Å²) in [6, 6.07) is 8.92. The Morgan fingerprint density at radius 2 is 1.95 bits per heavy atom. The topological polar surface area (TPSA) is 81.2 Å². The lowest BCUT2D eigenvalue weighted by Crippen LogP contribution is -2.34. The highest BCUT2D eigenvalue weighted by Crippen LogP contribution is 2.36. The number of aryl methyl sites for hydroxylation is 1. The van der Waals surface area contributed by atoms with Gasteiger partial charge in [-0.25, -0.2) is 0 Å². The van der Waals surface area contributed by atoms with Crippen molar-refractivity contribution in [1.82, 2.24) is 9.78 Å². The molecule has 112 valence electrons. The molecule has 0 radical (unpaired) electrons. The van der Waals surface area contributed by atoms with Gasteiger partial charge in [0.2, 0.25) is 0 Å². The van der Waals surface area contributed by atoms with Crippen molar-refractivity contribution in [2.75, 3.05) is 4.31 Å². The van der Waals surface area contributed by atoms with Crippen LogP contribution in [0.25, 0.3) is 0 Å². The van der Waals surface area contributed by atoms with Crippen molar-refractivity contribution < 1.29 is 8.42 Å². The van der Waals surface area contributed by atoms with Gasteiger partial charge < -0.3 is 5.73 Å². The molecular weight excluding hydrogens is 288 g/mol. The van der Waals surface area contributed by atoms with E-state index < -0.39 is 10.0 Å². The summed E-state index contributed by atoms with van der Waals surface area (Å²) in [5, 5.41) is 4.17. The fraction of sp³-hybridized carbons (Fsp3) is 0.357. The Bertz CT molecular complexity index is 733. The largest absolute Gasteiger partial charge is 0.326 e. The minimum absolute atomic E-state index is 0.0358. The van der Waals surface area contributed by atoms with Crippen LogP contribution in [-0.4, -0.2) is 24.2 Å². The summed E-state index contributed by atoms with van der Waals surface area (Å²) >= 11 is 0. The number of hydrogen-bond donors (Lipinski definition) is 1. The van der Waals surface area contributed by atoms with Gasteiger partial charge in [-0.2, -0.15) is 13.5 Å². The Hall–Kier alpha value is -1.86. The van der Waals surface area contributed by atoms with Crippen LogP contribution in [0.5, 0.6) is 0 Å². The number of anilines is 1. The fourth-order valence-corrected chi connectivity index (χ4v) is 4.17. The van der Waals surface area contributed by atoms with Crippen molar-refractivity contribution in [3.8, 4) is 0 Å². The third-order valence-electron chi connectivity index (χ3n) is 3.60. The predicted octanol–water partition coefficient (Wildman–Crippen LogP) is 1.24. The van der Waals surface area contributed by atoms with Gasteiger partial charge in [0, 0.05) is 19.6 Å². The summed E-state index contributed by atoms with van der Waals surface area (Å²) in [4.78, 5) is 0. The van der Waals surface area contributed by atoms with Gasteiger partial charge in [-0.1, -0.05) is 12.1 Å². The Kier molecular flexibility index (Phi) is 3.46. The summed E-state index contributed by atoms with van der Waals surface area (Å²) < 4.78 is 28.7. The minimum Gasteiger partial charge on any atom is -0.326 e. The van der Waals surface area contributed by atoms with Crippen molar-refractivity contribution in [3.63, 3.8) is 0 Å². The van der Waals surface area contributed by atoms with Gasteiger partial charge in [0.15, 0.2) is 5.03 Å². The zero-order valence-corrected chi connectivity index (χ0v) is 12.6. The molecule has 1 aromatic heterocycles. The maximum absolute atomic E-state index is 12.9. The predicted molar refractivity (Wildman–Crippen MR) is 80.2 cm³/mol. The molecule has 0 unspecified atom stereocenters. The Morgan fingerprint density at radius 1 is 1.29 bits per heavy atom. The van der Waals surface area contributed by atoms with E-state index in [0.717, 1.165) is 18.4 Å². The van der Waals surface area contributed by atoms with E-state index in [1.54, 1.807) is 7.05 Å². The molecule has 6 nitrogen and oxygen atoms in total. The first-order valence-electron chi connectivity index (χ1n) is 6.85. The summed E-state index contributed by atoms with van der Waals surface area (Å²) in [6.07, 6.45) is 3.26. The molecule has 7 heteroatoms. The molecule has 0 amide bonds. The molecule has 1 aliphatic rings. The van der Waals surface area contributed by atoms with Crippen LogP contribution in [0.1, 0.15) is 18.4 Å². The molecule has 21 heavy (non-hydrogen) atoms. The number of sulfonamides is 1. The molecule has 0 spiro atoms. The normalized spacial score (nSPS) is 15.1. The molecule has 2 aromatic rings. The van der Waals surface area contributed by atoms with E-state index in [4.69, 9.17) is 5.73 Å². The number of hydrogen-bond acceptors (Lipinski definition) is 4. The second kappa shape index (κ2) is 5.16. The number of rotatable bonds is 5. The molecular formula is C14H18N4O2S. The SMILES string of the molecule is Cn1nccc1S(=O)(=O)N(c1ccc(CN)cc1)C1CC1. The second-order valence-corrected chi connectivity index (χ2v) is 6.96. The fourth-order valence-electron chi connectivity index (χ4n) is 2.35. The van der Waals surface area contributed by atoms with Gasteiger partial charge >= 0.3 is 0 Å². The lowest BCUT2D eigenvalue weighted by Gasteiger charge is -2.24. The maximum Gasteiger partial charge on any atom is 0.281 e. The van der Waals surface area contributed by atoms with Crippen LogP contribution in [0.3, 0.4) is 0 Å². The van der Waals surface area contributed by atoms with E-state index in [-0.39, 0.29) is 11.1 Å². The summed E-state index contributed by atoms with van der Waals surface area (Å²) in [5.41, 5.74) is 7.24. The third-order valence-corrected chi connectivity index (χ3v) is 5.56. The van der Waals surface area contributed by atoms with Gasteiger partial charge in [0.25, 0.3) is 10.0 Å². The number of aromatic nitrogens is 2. The molecule has 2 N–H and O–H groups in total. The standard InChI is InChI=1S/C14H18N4O2S/c1-17-14(8-9-16-17)21(19,20)18(13-6-7-13)12-4-2-11(10-15)3-5-12/h2-5,8-9,13H,6-7,10,15H2,1H3. The van der Waals surface area contributed by atoms with Gasteiger partial charge in [-0.15, -0.1) is 0 Å². The molecule has 1 aromatic carbocycles. The first kappa shape index (κ1) is 14.1. The highest BCUT2D eigenvalue weighted by atomic mass is 32.2. The number of nitrogens with two attached hydrogens (primary N) is 1. The third kappa shape index (κ3) is 2.54. The van der Waals surface area contributed by atoms with Crippen LogP contribution in [0.4, 0.5) is 5.69 Å². The van der Waals surface area contributed by atoms with Crippen LogP contribution in [-0.2, 0) is 23.6 Å².